The zero-order valence-electron chi connectivity index (χ0n) is 8.85. The number of hydrogen-bond donors (Lipinski definition) is 0. The van der Waals surface area contributed by atoms with Crippen molar-refractivity contribution in [1.82, 2.24) is 0 Å². The summed E-state index contributed by atoms with van der Waals surface area (Å²) in [6.07, 6.45) is 0.874. The van der Waals surface area contributed by atoms with Crippen LogP contribution in [0.3, 0.4) is 0 Å². The summed E-state index contributed by atoms with van der Waals surface area (Å²) in [6.45, 7) is 1.56. The van der Waals surface area contributed by atoms with E-state index in [1.165, 1.54) is 0 Å². The molecule has 2 fully saturated rings. The van der Waals surface area contributed by atoms with Gasteiger partial charge in [0.25, 0.3) is 0 Å². The van der Waals surface area contributed by atoms with Crippen LogP contribution in [0.2, 0.25) is 0 Å². The van der Waals surface area contributed by atoms with Crippen molar-refractivity contribution in [2.24, 2.45) is 0 Å². The van der Waals surface area contributed by atoms with Gasteiger partial charge in [-0.25, -0.2) is 0 Å². The van der Waals surface area contributed by atoms with E-state index in [9.17, 15) is 12.3 Å². The first kappa shape index (κ1) is 12.2. The molecule has 2 heterocycles. The molecule has 0 aromatic heterocycles. The van der Waals surface area contributed by atoms with Crippen LogP contribution in [0.5, 0.6) is 0 Å². The summed E-state index contributed by atoms with van der Waals surface area (Å²) in [7, 11) is -4.52. The van der Waals surface area contributed by atoms with Crippen LogP contribution in [0.15, 0.2) is 0 Å². The second-order valence-electron chi connectivity index (χ2n) is 4.30. The van der Waals surface area contributed by atoms with Crippen molar-refractivity contribution in [2.45, 2.75) is 24.5 Å². The first-order valence-corrected chi connectivity index (χ1v) is 6.80. The SMILES string of the molecule is O=S(=O)(F)CC1COCC2(CCCOC2)O1. The highest BCUT2D eigenvalue weighted by Gasteiger charge is 2.41. The summed E-state index contributed by atoms with van der Waals surface area (Å²) in [4.78, 5) is 0. The van der Waals surface area contributed by atoms with Gasteiger partial charge in [0.2, 0.25) is 0 Å². The van der Waals surface area contributed by atoms with Gasteiger partial charge in [0.15, 0.2) is 0 Å². The van der Waals surface area contributed by atoms with E-state index in [1.807, 2.05) is 0 Å². The minimum Gasteiger partial charge on any atom is -0.378 e. The van der Waals surface area contributed by atoms with Gasteiger partial charge >= 0.3 is 10.2 Å². The summed E-state index contributed by atoms with van der Waals surface area (Å²) < 4.78 is 49.8. The summed E-state index contributed by atoms with van der Waals surface area (Å²) in [5.41, 5.74) is -0.578. The van der Waals surface area contributed by atoms with E-state index in [0.717, 1.165) is 12.8 Å². The maximum Gasteiger partial charge on any atom is 0.305 e. The lowest BCUT2D eigenvalue weighted by atomic mass is 9.96. The first-order valence-electron chi connectivity index (χ1n) is 5.25. The quantitative estimate of drug-likeness (QED) is 0.661. The van der Waals surface area contributed by atoms with Crippen LogP contribution >= 0.6 is 0 Å². The Morgan fingerprint density at radius 3 is 2.69 bits per heavy atom. The van der Waals surface area contributed by atoms with E-state index in [2.05, 4.69) is 0 Å². The molecule has 0 radical (unpaired) electrons. The molecule has 2 saturated heterocycles. The highest BCUT2D eigenvalue weighted by atomic mass is 32.3. The highest BCUT2D eigenvalue weighted by molar-refractivity contribution is 7.86. The van der Waals surface area contributed by atoms with Crippen LogP contribution in [0.25, 0.3) is 0 Å². The van der Waals surface area contributed by atoms with Gasteiger partial charge in [0.1, 0.15) is 11.4 Å². The minimum absolute atomic E-state index is 0.116. The second kappa shape index (κ2) is 4.56. The zero-order valence-corrected chi connectivity index (χ0v) is 9.67. The molecule has 2 unspecified atom stereocenters. The molecule has 0 bridgehead atoms. The van der Waals surface area contributed by atoms with E-state index in [1.54, 1.807) is 0 Å². The number of hydrogen-bond acceptors (Lipinski definition) is 5. The molecular weight excluding hydrogens is 239 g/mol. The van der Waals surface area contributed by atoms with Crippen LogP contribution in [0.1, 0.15) is 12.8 Å². The van der Waals surface area contributed by atoms with Crippen molar-refractivity contribution in [2.75, 3.05) is 32.2 Å². The highest BCUT2D eigenvalue weighted by Crippen LogP contribution is 2.29. The van der Waals surface area contributed by atoms with Crippen molar-refractivity contribution >= 4 is 10.2 Å². The Labute approximate surface area is 94.1 Å². The average Bonchev–Trinajstić information content (AvgIpc) is 2.16. The molecule has 0 aromatic rings. The molecule has 7 heteroatoms. The third-order valence-electron chi connectivity index (χ3n) is 2.76. The summed E-state index contributed by atoms with van der Waals surface area (Å²) in [5, 5.41) is 0. The Balaban J connectivity index is 1.98. The second-order valence-corrected chi connectivity index (χ2v) is 5.71. The van der Waals surface area contributed by atoms with Gasteiger partial charge in [-0.2, -0.15) is 8.42 Å². The Morgan fingerprint density at radius 1 is 1.31 bits per heavy atom. The van der Waals surface area contributed by atoms with Crippen molar-refractivity contribution < 1.29 is 26.5 Å². The van der Waals surface area contributed by atoms with Gasteiger partial charge in [0.05, 0.1) is 25.9 Å². The summed E-state index contributed by atoms with van der Waals surface area (Å²) >= 11 is 0. The van der Waals surface area contributed by atoms with Gasteiger partial charge in [-0.3, -0.25) is 0 Å². The maximum absolute atomic E-state index is 12.5. The maximum atomic E-state index is 12.5. The van der Waals surface area contributed by atoms with Gasteiger partial charge in [-0.15, -0.1) is 3.89 Å². The Hall–Kier alpha value is -0.240. The van der Waals surface area contributed by atoms with Crippen molar-refractivity contribution in [3.8, 4) is 0 Å². The third kappa shape index (κ3) is 3.13. The fourth-order valence-corrected chi connectivity index (χ4v) is 2.74. The van der Waals surface area contributed by atoms with Crippen molar-refractivity contribution in [3.05, 3.63) is 0 Å². The molecule has 0 aromatic carbocycles. The predicted octanol–water partition coefficient (Wildman–Crippen LogP) is 0.250. The Morgan fingerprint density at radius 2 is 2.06 bits per heavy atom. The van der Waals surface area contributed by atoms with E-state index < -0.39 is 27.7 Å². The molecule has 5 nitrogen and oxygen atoms in total. The van der Waals surface area contributed by atoms with Crippen molar-refractivity contribution in [1.29, 1.82) is 0 Å². The van der Waals surface area contributed by atoms with Crippen LogP contribution in [0, 0.1) is 0 Å². The molecule has 16 heavy (non-hydrogen) atoms. The lowest BCUT2D eigenvalue weighted by Crippen LogP contribution is -2.53. The molecule has 2 aliphatic rings. The number of ether oxygens (including phenoxy) is 3. The predicted molar refractivity (Wildman–Crippen MR) is 53.4 cm³/mol. The fraction of sp³-hybridized carbons (Fsp3) is 1.00. The molecule has 0 amide bonds. The molecule has 1 spiro atoms. The average molecular weight is 254 g/mol. The minimum atomic E-state index is -4.52. The van der Waals surface area contributed by atoms with E-state index >= 15 is 0 Å². The summed E-state index contributed by atoms with van der Waals surface area (Å²) in [5.74, 6) is -0.644. The van der Waals surface area contributed by atoms with Crippen molar-refractivity contribution in [3.63, 3.8) is 0 Å². The van der Waals surface area contributed by atoms with E-state index in [-0.39, 0.29) is 6.61 Å². The van der Waals surface area contributed by atoms with Gasteiger partial charge < -0.3 is 14.2 Å². The van der Waals surface area contributed by atoms with Gasteiger partial charge in [0, 0.05) is 6.61 Å². The molecule has 2 aliphatic heterocycles. The van der Waals surface area contributed by atoms with Crippen LogP contribution in [-0.2, 0) is 24.4 Å². The van der Waals surface area contributed by atoms with E-state index in [4.69, 9.17) is 14.2 Å². The zero-order chi connectivity index (χ0) is 11.6. The largest absolute Gasteiger partial charge is 0.378 e. The van der Waals surface area contributed by atoms with Crippen LogP contribution in [-0.4, -0.2) is 52.3 Å². The first-order chi connectivity index (χ1) is 7.49. The molecular formula is C9H15FO5S. The lowest BCUT2D eigenvalue weighted by Gasteiger charge is -2.42. The molecule has 0 N–H and O–H groups in total. The standard InChI is InChI=1S/C9H15FO5S/c10-16(11,12)5-8-4-14-7-9(15-8)2-1-3-13-6-9/h8H,1-7H2. The Bertz CT molecular complexity index is 330. The summed E-state index contributed by atoms with van der Waals surface area (Å²) in [6, 6.07) is 0. The Kier molecular flexibility index (Phi) is 3.48. The van der Waals surface area contributed by atoms with Gasteiger partial charge in [-0.1, -0.05) is 0 Å². The third-order valence-corrected chi connectivity index (χ3v) is 3.53. The van der Waals surface area contributed by atoms with Crippen LogP contribution in [0.4, 0.5) is 3.89 Å². The van der Waals surface area contributed by atoms with Crippen LogP contribution < -0.4 is 0 Å². The lowest BCUT2D eigenvalue weighted by molar-refractivity contribution is -0.228. The van der Waals surface area contributed by atoms with Gasteiger partial charge in [-0.05, 0) is 12.8 Å². The molecule has 0 saturated carbocycles. The number of rotatable bonds is 2. The van der Waals surface area contributed by atoms with E-state index in [0.29, 0.717) is 19.8 Å². The topological polar surface area (TPSA) is 61.8 Å². The number of halogens is 1. The fourth-order valence-electron chi connectivity index (χ4n) is 2.14. The molecule has 94 valence electrons. The molecule has 2 rings (SSSR count). The smallest absolute Gasteiger partial charge is 0.305 e. The monoisotopic (exact) mass is 254 g/mol. The molecule has 2 atom stereocenters. The molecule has 0 aliphatic carbocycles. The normalized spacial score (nSPS) is 36.4.